The first kappa shape index (κ1) is 13.9. The Bertz CT molecular complexity index is 427. The molecule has 3 nitrogen and oxygen atoms in total. The Morgan fingerprint density at radius 3 is 2.89 bits per heavy atom. The summed E-state index contributed by atoms with van der Waals surface area (Å²) in [4.78, 5) is 11.9. The second-order valence-corrected chi connectivity index (χ2v) is 5.56. The van der Waals surface area contributed by atoms with Gasteiger partial charge in [0.05, 0.1) is 0 Å². The van der Waals surface area contributed by atoms with Crippen LogP contribution in [0.5, 0.6) is 0 Å². The molecule has 1 unspecified atom stereocenters. The van der Waals surface area contributed by atoms with Gasteiger partial charge in [0, 0.05) is 23.8 Å². The van der Waals surface area contributed by atoms with Gasteiger partial charge in [0.25, 0.3) is 5.91 Å². The van der Waals surface area contributed by atoms with Gasteiger partial charge < -0.3 is 10.6 Å². The summed E-state index contributed by atoms with van der Waals surface area (Å²) in [5.74, 6) is 0.930. The summed E-state index contributed by atoms with van der Waals surface area (Å²) >= 11 is 0. The Hall–Kier alpha value is -1.51. The maximum absolute atomic E-state index is 11.9. The monoisotopic (exact) mass is 260 g/mol. The zero-order valence-electron chi connectivity index (χ0n) is 11.9. The summed E-state index contributed by atoms with van der Waals surface area (Å²) in [6, 6.07) is 8.24. The van der Waals surface area contributed by atoms with Crippen LogP contribution < -0.4 is 10.6 Å². The van der Waals surface area contributed by atoms with E-state index >= 15 is 0 Å². The topological polar surface area (TPSA) is 41.1 Å². The molecule has 1 fully saturated rings. The van der Waals surface area contributed by atoms with Gasteiger partial charge in [-0.05, 0) is 43.9 Å². The lowest BCUT2D eigenvalue weighted by molar-refractivity contribution is 0.0953. The van der Waals surface area contributed by atoms with E-state index in [1.165, 1.54) is 19.3 Å². The standard InChI is InChI=1S/C16H24N2O/c1-3-9-17-16(19)14-5-4-6-15(11-14)18-12(2)10-13-7-8-13/h4-6,11-13,18H,3,7-10H2,1-2H3,(H,17,19). The molecule has 0 saturated heterocycles. The molecule has 1 saturated carbocycles. The van der Waals surface area contributed by atoms with Crippen molar-refractivity contribution in [1.29, 1.82) is 0 Å². The van der Waals surface area contributed by atoms with E-state index < -0.39 is 0 Å². The normalized spacial score (nSPS) is 15.9. The summed E-state index contributed by atoms with van der Waals surface area (Å²) in [6.07, 6.45) is 4.95. The van der Waals surface area contributed by atoms with E-state index in [9.17, 15) is 4.79 Å². The van der Waals surface area contributed by atoms with Gasteiger partial charge in [-0.2, -0.15) is 0 Å². The third kappa shape index (κ3) is 4.58. The fourth-order valence-electron chi connectivity index (χ4n) is 2.29. The van der Waals surface area contributed by atoms with Gasteiger partial charge in [-0.1, -0.05) is 25.8 Å². The largest absolute Gasteiger partial charge is 0.383 e. The lowest BCUT2D eigenvalue weighted by atomic mass is 10.1. The molecule has 1 aromatic carbocycles. The Morgan fingerprint density at radius 2 is 2.21 bits per heavy atom. The molecule has 19 heavy (non-hydrogen) atoms. The first-order valence-corrected chi connectivity index (χ1v) is 7.34. The quantitative estimate of drug-likeness (QED) is 0.788. The van der Waals surface area contributed by atoms with Crippen molar-refractivity contribution >= 4 is 11.6 Å². The van der Waals surface area contributed by atoms with Crippen molar-refractivity contribution in [3.8, 4) is 0 Å². The van der Waals surface area contributed by atoms with Crippen LogP contribution in [-0.4, -0.2) is 18.5 Å². The van der Waals surface area contributed by atoms with Crippen molar-refractivity contribution in [2.45, 2.75) is 45.6 Å². The highest BCUT2D eigenvalue weighted by molar-refractivity contribution is 5.95. The van der Waals surface area contributed by atoms with Gasteiger partial charge in [0.15, 0.2) is 0 Å². The lowest BCUT2D eigenvalue weighted by Gasteiger charge is -2.15. The summed E-state index contributed by atoms with van der Waals surface area (Å²) < 4.78 is 0. The Kier molecular flexibility index (Phi) is 4.83. The van der Waals surface area contributed by atoms with Crippen LogP contribution in [0.2, 0.25) is 0 Å². The molecule has 1 atom stereocenters. The fraction of sp³-hybridized carbons (Fsp3) is 0.562. The number of benzene rings is 1. The van der Waals surface area contributed by atoms with Crippen LogP contribution >= 0.6 is 0 Å². The van der Waals surface area contributed by atoms with Crippen molar-refractivity contribution < 1.29 is 4.79 Å². The molecule has 0 aliphatic heterocycles. The minimum absolute atomic E-state index is 0.0142. The van der Waals surface area contributed by atoms with E-state index in [1.54, 1.807) is 0 Å². The van der Waals surface area contributed by atoms with E-state index in [-0.39, 0.29) is 5.91 Å². The fourth-order valence-corrected chi connectivity index (χ4v) is 2.29. The SMILES string of the molecule is CCCNC(=O)c1cccc(NC(C)CC2CC2)c1. The summed E-state index contributed by atoms with van der Waals surface area (Å²) in [6.45, 7) is 4.99. The number of carbonyl (C=O) groups excluding carboxylic acids is 1. The minimum Gasteiger partial charge on any atom is -0.383 e. The van der Waals surface area contributed by atoms with Gasteiger partial charge >= 0.3 is 0 Å². The van der Waals surface area contributed by atoms with Crippen LogP contribution in [0.1, 0.15) is 49.9 Å². The van der Waals surface area contributed by atoms with Crippen LogP contribution in [0.25, 0.3) is 0 Å². The van der Waals surface area contributed by atoms with Crippen molar-refractivity contribution in [3.05, 3.63) is 29.8 Å². The molecule has 1 amide bonds. The van der Waals surface area contributed by atoms with E-state index in [1.807, 2.05) is 24.3 Å². The van der Waals surface area contributed by atoms with Gasteiger partial charge in [-0.3, -0.25) is 4.79 Å². The number of hydrogen-bond acceptors (Lipinski definition) is 2. The number of amides is 1. The van der Waals surface area contributed by atoms with Gasteiger partial charge in [-0.25, -0.2) is 0 Å². The second-order valence-electron chi connectivity index (χ2n) is 5.56. The molecule has 2 N–H and O–H groups in total. The zero-order valence-corrected chi connectivity index (χ0v) is 11.9. The molecule has 0 bridgehead atoms. The molecule has 1 aliphatic rings. The van der Waals surface area contributed by atoms with Crippen LogP contribution in [0.3, 0.4) is 0 Å². The Morgan fingerprint density at radius 1 is 1.42 bits per heavy atom. The van der Waals surface area contributed by atoms with Crippen molar-refractivity contribution in [2.24, 2.45) is 5.92 Å². The average Bonchev–Trinajstić information content (AvgIpc) is 3.20. The van der Waals surface area contributed by atoms with Crippen LogP contribution in [0.4, 0.5) is 5.69 Å². The number of anilines is 1. The third-order valence-electron chi connectivity index (χ3n) is 3.46. The molecule has 0 spiro atoms. The van der Waals surface area contributed by atoms with E-state index in [2.05, 4.69) is 24.5 Å². The molecule has 0 radical (unpaired) electrons. The van der Waals surface area contributed by atoms with Crippen molar-refractivity contribution in [3.63, 3.8) is 0 Å². The lowest BCUT2D eigenvalue weighted by Crippen LogP contribution is -2.24. The van der Waals surface area contributed by atoms with Crippen LogP contribution in [0, 0.1) is 5.92 Å². The summed E-state index contributed by atoms with van der Waals surface area (Å²) in [5, 5.41) is 6.39. The molecule has 0 aromatic heterocycles. The molecule has 0 heterocycles. The Balaban J connectivity index is 1.91. The highest BCUT2D eigenvalue weighted by Crippen LogP contribution is 2.34. The maximum atomic E-state index is 11.9. The summed E-state index contributed by atoms with van der Waals surface area (Å²) in [5.41, 5.74) is 1.77. The smallest absolute Gasteiger partial charge is 0.251 e. The van der Waals surface area contributed by atoms with E-state index in [4.69, 9.17) is 0 Å². The van der Waals surface area contributed by atoms with Gasteiger partial charge in [0.2, 0.25) is 0 Å². The van der Waals surface area contributed by atoms with Crippen LogP contribution in [0.15, 0.2) is 24.3 Å². The minimum atomic E-state index is 0.0142. The first-order valence-electron chi connectivity index (χ1n) is 7.34. The van der Waals surface area contributed by atoms with Crippen LogP contribution in [-0.2, 0) is 0 Å². The maximum Gasteiger partial charge on any atom is 0.251 e. The molecule has 1 aromatic rings. The summed E-state index contributed by atoms with van der Waals surface area (Å²) in [7, 11) is 0. The van der Waals surface area contributed by atoms with E-state index in [0.717, 1.165) is 30.1 Å². The second kappa shape index (κ2) is 6.60. The average molecular weight is 260 g/mol. The van der Waals surface area contributed by atoms with Crippen molar-refractivity contribution in [2.75, 3.05) is 11.9 Å². The van der Waals surface area contributed by atoms with E-state index in [0.29, 0.717) is 6.04 Å². The third-order valence-corrected chi connectivity index (χ3v) is 3.46. The zero-order chi connectivity index (χ0) is 13.7. The van der Waals surface area contributed by atoms with Gasteiger partial charge in [-0.15, -0.1) is 0 Å². The molecular formula is C16H24N2O. The molecule has 104 valence electrons. The molecule has 2 rings (SSSR count). The molecule has 3 heteroatoms. The number of nitrogens with one attached hydrogen (secondary N) is 2. The predicted octanol–water partition coefficient (Wildman–Crippen LogP) is 3.43. The highest BCUT2D eigenvalue weighted by atomic mass is 16.1. The molecular weight excluding hydrogens is 236 g/mol. The number of hydrogen-bond donors (Lipinski definition) is 2. The number of carbonyl (C=O) groups is 1. The molecule has 1 aliphatic carbocycles. The van der Waals surface area contributed by atoms with Gasteiger partial charge in [0.1, 0.15) is 0 Å². The number of rotatable bonds is 7. The first-order chi connectivity index (χ1) is 9.19. The van der Waals surface area contributed by atoms with Crippen molar-refractivity contribution in [1.82, 2.24) is 5.32 Å². The predicted molar refractivity (Wildman–Crippen MR) is 79.5 cm³/mol. The Labute approximate surface area is 115 Å². The highest BCUT2D eigenvalue weighted by Gasteiger charge is 2.23.